The first-order valence-corrected chi connectivity index (χ1v) is 13.7. The minimum Gasteiger partial charge on any atom is -0.497 e. The molecule has 0 spiro atoms. The number of benzene rings is 3. The minimum atomic E-state index is -5.14. The first-order chi connectivity index (χ1) is 22.7. The molecule has 0 aliphatic rings. The molecule has 2 aromatic heterocycles. The van der Waals surface area contributed by atoms with Crippen LogP contribution < -0.4 is 9.64 Å². The van der Waals surface area contributed by atoms with Crippen LogP contribution in [0.25, 0.3) is 22.5 Å². The van der Waals surface area contributed by atoms with Gasteiger partial charge in [-0.3, -0.25) is 4.90 Å². The first-order valence-electron chi connectivity index (χ1n) is 13.7. The van der Waals surface area contributed by atoms with Crippen molar-refractivity contribution < 1.29 is 57.4 Å². The third-order valence-corrected chi connectivity index (χ3v) is 7.02. The number of pyridine rings is 2. The number of aromatic nitrogens is 2. The molecule has 49 heavy (non-hydrogen) atoms. The van der Waals surface area contributed by atoms with Crippen molar-refractivity contribution in [2.75, 3.05) is 12.0 Å². The quantitative estimate of drug-likeness (QED) is 0.165. The number of ether oxygens (including phenoxy) is 1. The van der Waals surface area contributed by atoms with Crippen molar-refractivity contribution in [2.45, 2.75) is 24.7 Å². The van der Waals surface area contributed by atoms with Gasteiger partial charge in [-0.1, -0.05) is 12.1 Å². The van der Waals surface area contributed by atoms with E-state index in [1.54, 1.807) is 0 Å². The summed E-state index contributed by atoms with van der Waals surface area (Å²) in [4.78, 5) is 9.86. The van der Waals surface area contributed by atoms with Gasteiger partial charge in [-0.15, -0.1) is 0 Å². The van der Waals surface area contributed by atoms with E-state index >= 15 is 0 Å². The lowest BCUT2D eigenvalue weighted by Gasteiger charge is -2.24. The summed E-state index contributed by atoms with van der Waals surface area (Å²) >= 11 is 0. The molecule has 4 nitrogen and oxygen atoms in total. The molecule has 0 aliphatic heterocycles. The van der Waals surface area contributed by atoms with E-state index in [1.165, 1.54) is 60.5 Å². The molecule has 0 N–H and O–H groups in total. The molecule has 0 bridgehead atoms. The molecular formula is C33H19F12N3O. The Labute approximate surface area is 269 Å². The predicted octanol–water partition coefficient (Wildman–Crippen LogP) is 11.4. The Balaban J connectivity index is 1.69. The highest BCUT2D eigenvalue weighted by atomic mass is 19.4. The van der Waals surface area contributed by atoms with Crippen molar-refractivity contribution >= 4 is 17.3 Å². The molecule has 0 fully saturated rings. The molecule has 0 radical (unpaired) electrons. The smallest absolute Gasteiger partial charge is 0.416 e. The average Bonchev–Trinajstić information content (AvgIpc) is 3.03. The van der Waals surface area contributed by atoms with Gasteiger partial charge >= 0.3 is 24.7 Å². The van der Waals surface area contributed by atoms with Gasteiger partial charge in [0, 0.05) is 16.8 Å². The Morgan fingerprint density at radius 3 is 1.12 bits per heavy atom. The predicted molar refractivity (Wildman–Crippen MR) is 154 cm³/mol. The molecule has 2 heterocycles. The molecule has 0 atom stereocenters. The van der Waals surface area contributed by atoms with Gasteiger partial charge in [0.25, 0.3) is 0 Å². The number of anilines is 3. The minimum absolute atomic E-state index is 0.0373. The fourth-order valence-electron chi connectivity index (χ4n) is 4.74. The van der Waals surface area contributed by atoms with Gasteiger partial charge in [0.1, 0.15) is 17.4 Å². The maximum atomic E-state index is 13.6. The zero-order chi connectivity index (χ0) is 35.9. The van der Waals surface area contributed by atoms with Gasteiger partial charge in [-0.05, 0) is 84.9 Å². The van der Waals surface area contributed by atoms with Crippen molar-refractivity contribution in [3.63, 3.8) is 0 Å². The third kappa shape index (κ3) is 7.90. The summed E-state index contributed by atoms with van der Waals surface area (Å²) in [5.74, 6) is 0.121. The summed E-state index contributed by atoms with van der Waals surface area (Å²) in [5, 5.41) is 0. The Morgan fingerprint density at radius 2 is 0.816 bits per heavy atom. The largest absolute Gasteiger partial charge is 0.497 e. The summed E-state index contributed by atoms with van der Waals surface area (Å²) in [7, 11) is 1.37. The van der Waals surface area contributed by atoms with E-state index < -0.39 is 58.1 Å². The maximum Gasteiger partial charge on any atom is 0.416 e. The van der Waals surface area contributed by atoms with Crippen molar-refractivity contribution in [1.82, 2.24) is 9.97 Å². The van der Waals surface area contributed by atoms with Crippen LogP contribution in [0.4, 0.5) is 70.0 Å². The van der Waals surface area contributed by atoms with E-state index in [1.807, 2.05) is 0 Å². The van der Waals surface area contributed by atoms with E-state index in [2.05, 4.69) is 9.97 Å². The third-order valence-electron chi connectivity index (χ3n) is 7.02. The molecule has 0 aliphatic carbocycles. The summed E-state index contributed by atoms with van der Waals surface area (Å²) in [5.41, 5.74) is -7.80. The van der Waals surface area contributed by atoms with E-state index in [0.29, 0.717) is 30.0 Å². The summed E-state index contributed by atoms with van der Waals surface area (Å²) in [6, 6.07) is 15.4. The molecular weight excluding hydrogens is 682 g/mol. The lowest BCUT2D eigenvalue weighted by Crippen LogP contribution is -2.14. The Morgan fingerprint density at radius 1 is 0.469 bits per heavy atom. The van der Waals surface area contributed by atoms with E-state index in [-0.39, 0.29) is 40.8 Å². The highest BCUT2D eigenvalue weighted by Crippen LogP contribution is 2.42. The fourth-order valence-corrected chi connectivity index (χ4v) is 4.74. The van der Waals surface area contributed by atoms with E-state index in [9.17, 15) is 52.7 Å². The maximum absolute atomic E-state index is 13.6. The van der Waals surface area contributed by atoms with Crippen molar-refractivity contribution in [1.29, 1.82) is 0 Å². The Bertz CT molecular complexity index is 1780. The number of nitrogens with zero attached hydrogens (tertiary/aromatic N) is 3. The van der Waals surface area contributed by atoms with Crippen molar-refractivity contribution in [3.05, 3.63) is 119 Å². The van der Waals surface area contributed by atoms with Crippen LogP contribution in [0.5, 0.6) is 5.75 Å². The number of hydrogen-bond acceptors (Lipinski definition) is 4. The monoisotopic (exact) mass is 701 g/mol. The fraction of sp³-hybridized carbons (Fsp3) is 0.152. The van der Waals surface area contributed by atoms with Gasteiger partial charge in [0.05, 0.1) is 40.8 Å². The van der Waals surface area contributed by atoms with Crippen LogP contribution in [0, 0.1) is 0 Å². The second-order valence-electron chi connectivity index (χ2n) is 10.4. The van der Waals surface area contributed by atoms with E-state index in [0.717, 1.165) is 12.1 Å². The number of methoxy groups -OCH3 is 1. The number of hydrogen-bond donors (Lipinski definition) is 0. The van der Waals surface area contributed by atoms with Crippen LogP contribution in [0.1, 0.15) is 22.3 Å². The van der Waals surface area contributed by atoms with Crippen LogP contribution in [-0.2, 0) is 24.7 Å². The van der Waals surface area contributed by atoms with E-state index in [4.69, 9.17) is 4.74 Å². The zero-order valence-electron chi connectivity index (χ0n) is 24.5. The Hall–Kier alpha value is -5.28. The highest BCUT2D eigenvalue weighted by Gasteiger charge is 2.38. The van der Waals surface area contributed by atoms with Gasteiger partial charge in [0.15, 0.2) is 0 Å². The molecule has 0 unspecified atom stereocenters. The summed E-state index contributed by atoms with van der Waals surface area (Å²) in [6.45, 7) is 0. The molecule has 5 aromatic rings. The SMILES string of the molecule is COc1ccc(N(c2cccc(-c3cc(C(F)(F)F)cc(C(F)(F)F)c3)n2)c2cccc(-c3cc(C(F)(F)F)cc(C(F)(F)F)c3)n2)cc1. The second kappa shape index (κ2) is 12.6. The molecule has 0 amide bonds. The van der Waals surface area contributed by atoms with Crippen LogP contribution in [-0.4, -0.2) is 17.1 Å². The average molecular weight is 702 g/mol. The molecule has 5 rings (SSSR count). The molecule has 0 saturated carbocycles. The topological polar surface area (TPSA) is 38.2 Å². The Kier molecular flexibility index (Phi) is 9.03. The van der Waals surface area contributed by atoms with Gasteiger partial charge in [-0.2, -0.15) is 52.7 Å². The zero-order valence-corrected chi connectivity index (χ0v) is 24.5. The standard InChI is InChI=1S/C33H19F12N3O/c1-49-25-10-8-24(9-11-25)48(28-6-2-4-26(46-28)18-12-20(30(34,35)36)16-21(13-18)31(37,38)39)29-7-3-5-27(47-29)19-14-22(32(40,41)42)17-23(15-19)33(43,44)45/h2-17H,1H3. The van der Waals surface area contributed by atoms with Crippen LogP contribution in [0.3, 0.4) is 0 Å². The van der Waals surface area contributed by atoms with Crippen LogP contribution in [0.2, 0.25) is 0 Å². The van der Waals surface area contributed by atoms with Crippen LogP contribution >= 0.6 is 0 Å². The molecule has 0 saturated heterocycles. The highest BCUT2D eigenvalue weighted by molar-refractivity contribution is 5.76. The number of halogens is 12. The van der Waals surface area contributed by atoms with Gasteiger partial charge < -0.3 is 4.74 Å². The van der Waals surface area contributed by atoms with Crippen molar-refractivity contribution in [3.8, 4) is 28.3 Å². The number of alkyl halides is 12. The summed E-state index contributed by atoms with van der Waals surface area (Å²) < 4.78 is 168. The lowest BCUT2D eigenvalue weighted by atomic mass is 10.0. The molecule has 3 aromatic carbocycles. The summed E-state index contributed by atoms with van der Waals surface area (Å²) in [6.07, 6.45) is -20.5. The molecule has 16 heteroatoms. The normalized spacial score (nSPS) is 12.6. The van der Waals surface area contributed by atoms with Gasteiger partial charge in [-0.25, -0.2) is 9.97 Å². The lowest BCUT2D eigenvalue weighted by molar-refractivity contribution is -0.144. The molecule has 256 valence electrons. The second-order valence-corrected chi connectivity index (χ2v) is 10.4. The van der Waals surface area contributed by atoms with Crippen LogP contribution in [0.15, 0.2) is 97.1 Å². The van der Waals surface area contributed by atoms with Crippen molar-refractivity contribution in [2.24, 2.45) is 0 Å². The first kappa shape index (κ1) is 35.0. The van der Waals surface area contributed by atoms with Gasteiger partial charge in [0.2, 0.25) is 0 Å². The number of rotatable bonds is 6.